The number of amides is 2. The van der Waals surface area contributed by atoms with Gasteiger partial charge >= 0.3 is 0 Å². The number of nitrogens with zero attached hydrogens (tertiary/aromatic N) is 3. The van der Waals surface area contributed by atoms with Crippen molar-refractivity contribution in [1.82, 2.24) is 14.7 Å². The number of carbonyl (C=O) groups excluding carboxylic acids is 2. The number of nitrogens with one attached hydrogen (secondary N) is 1. The highest BCUT2D eigenvalue weighted by Crippen LogP contribution is 2.29. The van der Waals surface area contributed by atoms with Crippen molar-refractivity contribution in [2.24, 2.45) is 11.8 Å². The van der Waals surface area contributed by atoms with E-state index < -0.39 is 0 Å². The van der Waals surface area contributed by atoms with E-state index in [2.05, 4.69) is 46.0 Å². The molecular formula is C29H44N4O2. The van der Waals surface area contributed by atoms with Gasteiger partial charge in [-0.2, -0.15) is 5.10 Å². The molecule has 1 N–H and O–H groups in total. The second kappa shape index (κ2) is 11.9. The number of hydrogen-bond donors (Lipinski definition) is 1. The number of hydrogen-bond acceptors (Lipinski definition) is 3. The van der Waals surface area contributed by atoms with Crippen molar-refractivity contribution in [3.63, 3.8) is 0 Å². The van der Waals surface area contributed by atoms with E-state index in [1.165, 1.54) is 25.7 Å². The summed E-state index contributed by atoms with van der Waals surface area (Å²) in [7, 11) is 0. The molecule has 0 unspecified atom stereocenters. The molecule has 0 bridgehead atoms. The van der Waals surface area contributed by atoms with Crippen molar-refractivity contribution in [3.8, 4) is 5.69 Å². The summed E-state index contributed by atoms with van der Waals surface area (Å²) in [6, 6.07) is 10.0. The highest BCUT2D eigenvalue weighted by molar-refractivity contribution is 5.94. The van der Waals surface area contributed by atoms with Gasteiger partial charge in [-0.25, -0.2) is 4.68 Å². The SMILES string of the molecule is Cc1cccc(-n2nc(C(C)(C)C)cc2NC(=O)CN(CCC(C)C)C(=O)CCC2CCCC2)c1. The van der Waals surface area contributed by atoms with Crippen molar-refractivity contribution in [2.75, 3.05) is 18.4 Å². The maximum absolute atomic E-state index is 13.2. The summed E-state index contributed by atoms with van der Waals surface area (Å²) in [5, 5.41) is 7.87. The monoisotopic (exact) mass is 480 g/mol. The van der Waals surface area contributed by atoms with Gasteiger partial charge in [0.05, 0.1) is 17.9 Å². The van der Waals surface area contributed by atoms with E-state index in [4.69, 9.17) is 5.10 Å². The topological polar surface area (TPSA) is 67.2 Å². The van der Waals surface area contributed by atoms with Crippen LogP contribution < -0.4 is 5.32 Å². The lowest BCUT2D eigenvalue weighted by Gasteiger charge is -2.24. The van der Waals surface area contributed by atoms with Gasteiger partial charge in [0, 0.05) is 24.4 Å². The zero-order valence-corrected chi connectivity index (χ0v) is 22.6. The van der Waals surface area contributed by atoms with E-state index in [9.17, 15) is 9.59 Å². The van der Waals surface area contributed by atoms with Crippen molar-refractivity contribution < 1.29 is 9.59 Å². The number of rotatable bonds is 10. The standard InChI is InChI=1S/C29H44N4O2/c1-21(2)16-17-32(28(35)15-14-23-11-7-8-12-23)20-27(34)30-26-19-25(29(4,5)6)31-33(26)24-13-9-10-22(3)18-24/h9-10,13,18-19,21,23H,7-8,11-12,14-17,20H2,1-6H3,(H,30,34). The Morgan fingerprint density at radius 3 is 2.51 bits per heavy atom. The first kappa shape index (κ1) is 27.0. The summed E-state index contributed by atoms with van der Waals surface area (Å²) in [5.74, 6) is 1.68. The Bertz CT molecular complexity index is 996. The molecule has 6 heteroatoms. The van der Waals surface area contributed by atoms with Gasteiger partial charge in [0.1, 0.15) is 5.82 Å². The molecule has 0 aliphatic heterocycles. The molecule has 1 fully saturated rings. The Labute approximate surface area is 211 Å². The van der Waals surface area contributed by atoms with Crippen LogP contribution in [0.2, 0.25) is 0 Å². The first-order chi connectivity index (χ1) is 16.5. The lowest BCUT2D eigenvalue weighted by molar-refractivity contribution is -0.135. The molecule has 1 aliphatic carbocycles. The zero-order valence-electron chi connectivity index (χ0n) is 22.6. The Hall–Kier alpha value is -2.63. The summed E-state index contributed by atoms with van der Waals surface area (Å²) in [6.45, 7) is 13.3. The fourth-order valence-electron chi connectivity index (χ4n) is 4.64. The zero-order chi connectivity index (χ0) is 25.6. The van der Waals surface area contributed by atoms with Crippen LogP contribution in [0.25, 0.3) is 5.69 Å². The van der Waals surface area contributed by atoms with Gasteiger partial charge in [-0.05, 0) is 49.3 Å². The molecule has 0 atom stereocenters. The molecule has 0 saturated heterocycles. The predicted molar refractivity (Wildman–Crippen MR) is 143 cm³/mol. The average molecular weight is 481 g/mol. The maximum atomic E-state index is 13.2. The highest BCUT2D eigenvalue weighted by Gasteiger charge is 2.24. The van der Waals surface area contributed by atoms with Crippen LogP contribution in [0, 0.1) is 18.8 Å². The summed E-state index contributed by atoms with van der Waals surface area (Å²) in [4.78, 5) is 28.0. The molecule has 3 rings (SSSR count). The second-order valence-corrected chi connectivity index (χ2v) is 11.7. The fraction of sp³-hybridized carbons (Fsp3) is 0.621. The molecule has 192 valence electrons. The molecule has 0 spiro atoms. The minimum atomic E-state index is -0.183. The minimum absolute atomic E-state index is 0.0695. The van der Waals surface area contributed by atoms with Crippen LogP contribution in [0.15, 0.2) is 30.3 Å². The van der Waals surface area contributed by atoms with E-state index in [1.54, 1.807) is 9.58 Å². The third-order valence-electron chi connectivity index (χ3n) is 6.90. The van der Waals surface area contributed by atoms with E-state index >= 15 is 0 Å². The maximum Gasteiger partial charge on any atom is 0.245 e. The number of aromatic nitrogens is 2. The number of carbonyl (C=O) groups is 2. The number of aryl methyl sites for hydroxylation is 1. The summed E-state index contributed by atoms with van der Waals surface area (Å²) >= 11 is 0. The van der Waals surface area contributed by atoms with Crippen LogP contribution in [0.4, 0.5) is 5.82 Å². The summed E-state index contributed by atoms with van der Waals surface area (Å²) in [5.41, 5.74) is 2.77. The van der Waals surface area contributed by atoms with E-state index in [-0.39, 0.29) is 23.8 Å². The Morgan fingerprint density at radius 1 is 1.17 bits per heavy atom. The first-order valence-electron chi connectivity index (χ1n) is 13.3. The van der Waals surface area contributed by atoms with Gasteiger partial charge in [-0.3, -0.25) is 9.59 Å². The fourth-order valence-corrected chi connectivity index (χ4v) is 4.64. The number of benzene rings is 1. The van der Waals surface area contributed by atoms with Crippen molar-refractivity contribution in [2.45, 2.75) is 91.9 Å². The molecule has 1 aliphatic rings. The molecule has 1 aromatic heterocycles. The van der Waals surface area contributed by atoms with Gasteiger partial charge in [-0.1, -0.05) is 72.4 Å². The molecule has 6 nitrogen and oxygen atoms in total. The third kappa shape index (κ3) is 7.94. The van der Waals surface area contributed by atoms with Crippen LogP contribution in [0.5, 0.6) is 0 Å². The molecule has 1 aromatic carbocycles. The molecule has 2 aromatic rings. The quantitative estimate of drug-likeness (QED) is 0.436. The van der Waals surface area contributed by atoms with E-state index in [0.717, 1.165) is 29.8 Å². The minimum Gasteiger partial charge on any atom is -0.333 e. The van der Waals surface area contributed by atoms with Crippen LogP contribution >= 0.6 is 0 Å². The predicted octanol–water partition coefficient (Wildman–Crippen LogP) is 6.26. The largest absolute Gasteiger partial charge is 0.333 e. The van der Waals surface area contributed by atoms with Crippen molar-refractivity contribution in [1.29, 1.82) is 0 Å². The van der Waals surface area contributed by atoms with Crippen LogP contribution in [-0.2, 0) is 15.0 Å². The van der Waals surface area contributed by atoms with Gasteiger partial charge in [0.25, 0.3) is 0 Å². The van der Waals surface area contributed by atoms with Crippen LogP contribution in [0.3, 0.4) is 0 Å². The molecule has 1 heterocycles. The van der Waals surface area contributed by atoms with Crippen LogP contribution in [-0.4, -0.2) is 39.6 Å². The summed E-state index contributed by atoms with van der Waals surface area (Å²) in [6.07, 6.45) is 7.39. The lowest BCUT2D eigenvalue weighted by Crippen LogP contribution is -2.39. The normalized spacial score (nSPS) is 14.5. The van der Waals surface area contributed by atoms with E-state index in [1.807, 2.05) is 31.2 Å². The molecule has 2 amide bonds. The number of anilines is 1. The Kier molecular flexibility index (Phi) is 9.15. The van der Waals surface area contributed by atoms with Gasteiger partial charge in [0.15, 0.2) is 0 Å². The Balaban J connectivity index is 1.75. The third-order valence-corrected chi connectivity index (χ3v) is 6.90. The smallest absolute Gasteiger partial charge is 0.245 e. The Morgan fingerprint density at radius 2 is 1.89 bits per heavy atom. The average Bonchev–Trinajstić information content (AvgIpc) is 3.44. The van der Waals surface area contributed by atoms with Crippen LogP contribution in [0.1, 0.15) is 90.8 Å². The van der Waals surface area contributed by atoms with Gasteiger partial charge in [-0.15, -0.1) is 0 Å². The van der Waals surface area contributed by atoms with E-state index in [0.29, 0.717) is 30.6 Å². The van der Waals surface area contributed by atoms with Gasteiger partial charge < -0.3 is 10.2 Å². The van der Waals surface area contributed by atoms with Gasteiger partial charge in [0.2, 0.25) is 11.8 Å². The summed E-state index contributed by atoms with van der Waals surface area (Å²) < 4.78 is 1.80. The van der Waals surface area contributed by atoms with Crippen molar-refractivity contribution in [3.05, 3.63) is 41.6 Å². The first-order valence-corrected chi connectivity index (χ1v) is 13.3. The molecule has 0 radical (unpaired) electrons. The highest BCUT2D eigenvalue weighted by atomic mass is 16.2. The second-order valence-electron chi connectivity index (χ2n) is 11.7. The molecular weight excluding hydrogens is 436 g/mol. The molecule has 35 heavy (non-hydrogen) atoms. The van der Waals surface area contributed by atoms with Crippen molar-refractivity contribution >= 4 is 17.6 Å². The lowest BCUT2D eigenvalue weighted by atomic mass is 9.92. The molecule has 1 saturated carbocycles.